The fourth-order valence-corrected chi connectivity index (χ4v) is 1.87. The van der Waals surface area contributed by atoms with Crippen LogP contribution < -0.4 is 15.9 Å². The van der Waals surface area contributed by atoms with Crippen molar-refractivity contribution >= 4 is 12.6 Å². The Morgan fingerprint density at radius 2 is 2.40 bits per heavy atom. The summed E-state index contributed by atoms with van der Waals surface area (Å²) in [7, 11) is -0.920. The van der Waals surface area contributed by atoms with Gasteiger partial charge in [0.1, 0.15) is 5.75 Å². The lowest BCUT2D eigenvalue weighted by Crippen LogP contribution is -2.29. The molecule has 0 amide bonds. The van der Waals surface area contributed by atoms with Crippen molar-refractivity contribution in [2.45, 2.75) is 13.0 Å². The van der Waals surface area contributed by atoms with Crippen molar-refractivity contribution in [2.75, 3.05) is 13.2 Å². The maximum atomic E-state index is 9.73. The second-order valence-electron chi connectivity index (χ2n) is 3.40. The Bertz CT molecular complexity index is 359. The predicted molar refractivity (Wildman–Crippen MR) is 58.1 cm³/mol. The number of nitrogens with two attached hydrogens (primary N) is 1. The van der Waals surface area contributed by atoms with Crippen LogP contribution in [-0.2, 0) is 4.65 Å². The van der Waals surface area contributed by atoms with E-state index in [0.717, 1.165) is 11.0 Å². The minimum absolute atomic E-state index is 0.226. The van der Waals surface area contributed by atoms with Gasteiger partial charge in [0, 0.05) is 12.0 Å². The topological polar surface area (TPSA) is 64.7 Å². The standard InChI is InChI=1S/C10H14BNO3/c1-2-14-8-5-3-4-7-9(6-12)15-11(13)10(7)8/h3-5,9,13H,2,6,12H2,1H3. The average molecular weight is 207 g/mol. The van der Waals surface area contributed by atoms with Crippen molar-refractivity contribution in [3.05, 3.63) is 23.8 Å². The van der Waals surface area contributed by atoms with E-state index in [4.69, 9.17) is 15.1 Å². The molecule has 1 atom stereocenters. The normalized spacial score (nSPS) is 19.1. The summed E-state index contributed by atoms with van der Waals surface area (Å²) in [6.45, 7) is 2.83. The monoisotopic (exact) mass is 207 g/mol. The van der Waals surface area contributed by atoms with Crippen molar-refractivity contribution in [3.8, 4) is 5.75 Å². The van der Waals surface area contributed by atoms with Crippen LogP contribution in [-0.4, -0.2) is 25.3 Å². The van der Waals surface area contributed by atoms with Crippen LogP contribution >= 0.6 is 0 Å². The summed E-state index contributed by atoms with van der Waals surface area (Å²) >= 11 is 0. The quantitative estimate of drug-likeness (QED) is 0.674. The van der Waals surface area contributed by atoms with Crippen LogP contribution in [0.2, 0.25) is 0 Å². The van der Waals surface area contributed by atoms with Gasteiger partial charge < -0.3 is 20.1 Å². The molecular weight excluding hydrogens is 193 g/mol. The average Bonchev–Trinajstić information content (AvgIpc) is 2.57. The predicted octanol–water partition coefficient (Wildman–Crippen LogP) is -0.197. The molecule has 1 aliphatic heterocycles. The van der Waals surface area contributed by atoms with Gasteiger partial charge >= 0.3 is 7.12 Å². The van der Waals surface area contributed by atoms with Gasteiger partial charge in [-0.15, -0.1) is 0 Å². The fraction of sp³-hybridized carbons (Fsp3) is 0.400. The smallest absolute Gasteiger partial charge is 0.494 e. The van der Waals surface area contributed by atoms with Crippen molar-refractivity contribution < 1.29 is 14.4 Å². The van der Waals surface area contributed by atoms with Crippen molar-refractivity contribution in [1.82, 2.24) is 0 Å². The highest BCUT2D eigenvalue weighted by atomic mass is 16.5. The largest absolute Gasteiger partial charge is 0.495 e. The molecule has 0 spiro atoms. The highest BCUT2D eigenvalue weighted by Crippen LogP contribution is 2.26. The summed E-state index contributed by atoms with van der Waals surface area (Å²) in [5.41, 5.74) is 7.20. The molecule has 4 nitrogen and oxygen atoms in total. The first kappa shape index (κ1) is 10.5. The van der Waals surface area contributed by atoms with Gasteiger partial charge in [0.15, 0.2) is 0 Å². The molecule has 1 aliphatic rings. The highest BCUT2D eigenvalue weighted by molar-refractivity contribution is 6.62. The number of rotatable bonds is 3. The Morgan fingerprint density at radius 1 is 1.60 bits per heavy atom. The summed E-state index contributed by atoms with van der Waals surface area (Å²) in [5.74, 6) is 0.679. The lowest BCUT2D eigenvalue weighted by atomic mass is 9.78. The Kier molecular flexibility index (Phi) is 2.95. The minimum Gasteiger partial charge on any atom is -0.494 e. The molecule has 2 rings (SSSR count). The maximum Gasteiger partial charge on any atom is 0.495 e. The van der Waals surface area contributed by atoms with E-state index in [1.54, 1.807) is 0 Å². The molecule has 1 aromatic carbocycles. The molecule has 1 heterocycles. The Morgan fingerprint density at radius 3 is 3.07 bits per heavy atom. The molecule has 3 N–H and O–H groups in total. The van der Waals surface area contributed by atoms with Crippen LogP contribution in [0.25, 0.3) is 0 Å². The summed E-state index contributed by atoms with van der Waals surface area (Å²) < 4.78 is 10.7. The third-order valence-corrected chi connectivity index (χ3v) is 2.50. The van der Waals surface area contributed by atoms with E-state index in [-0.39, 0.29) is 6.10 Å². The van der Waals surface area contributed by atoms with Gasteiger partial charge in [-0.25, -0.2) is 0 Å². The Hall–Kier alpha value is -1.04. The lowest BCUT2D eigenvalue weighted by molar-refractivity contribution is 0.198. The van der Waals surface area contributed by atoms with Gasteiger partial charge in [-0.05, 0) is 18.6 Å². The highest BCUT2D eigenvalue weighted by Gasteiger charge is 2.36. The van der Waals surface area contributed by atoms with E-state index < -0.39 is 7.12 Å². The molecule has 1 aromatic rings. The Balaban J connectivity index is 2.42. The van der Waals surface area contributed by atoms with E-state index in [0.29, 0.717) is 18.9 Å². The Labute approximate surface area is 89.1 Å². The second kappa shape index (κ2) is 4.22. The first-order chi connectivity index (χ1) is 7.27. The molecule has 15 heavy (non-hydrogen) atoms. The van der Waals surface area contributed by atoms with Gasteiger partial charge in [-0.1, -0.05) is 12.1 Å². The SMILES string of the molecule is CCOc1cccc2c1B(O)OC2CN. The molecule has 5 heteroatoms. The minimum atomic E-state index is -0.920. The summed E-state index contributed by atoms with van der Waals surface area (Å²) in [6.07, 6.45) is -0.226. The lowest BCUT2D eigenvalue weighted by Gasteiger charge is -2.09. The molecule has 0 bridgehead atoms. The molecule has 0 radical (unpaired) electrons. The van der Waals surface area contributed by atoms with Crippen LogP contribution in [0.1, 0.15) is 18.6 Å². The van der Waals surface area contributed by atoms with Crippen molar-refractivity contribution in [3.63, 3.8) is 0 Å². The molecule has 1 unspecified atom stereocenters. The first-order valence-corrected chi connectivity index (χ1v) is 5.07. The third-order valence-electron chi connectivity index (χ3n) is 2.50. The molecule has 0 aliphatic carbocycles. The number of hydrogen-bond donors (Lipinski definition) is 2. The van der Waals surface area contributed by atoms with Crippen molar-refractivity contribution in [2.24, 2.45) is 5.73 Å². The van der Waals surface area contributed by atoms with E-state index >= 15 is 0 Å². The fourth-order valence-electron chi connectivity index (χ4n) is 1.87. The van der Waals surface area contributed by atoms with E-state index in [9.17, 15) is 5.02 Å². The van der Waals surface area contributed by atoms with E-state index in [1.165, 1.54) is 0 Å². The zero-order valence-corrected chi connectivity index (χ0v) is 8.64. The molecule has 0 saturated heterocycles. The van der Waals surface area contributed by atoms with Gasteiger partial charge in [0.05, 0.1) is 12.7 Å². The molecule has 80 valence electrons. The molecule has 0 fully saturated rings. The first-order valence-electron chi connectivity index (χ1n) is 5.07. The van der Waals surface area contributed by atoms with Crippen LogP contribution in [0.15, 0.2) is 18.2 Å². The third kappa shape index (κ3) is 1.74. The van der Waals surface area contributed by atoms with E-state index in [1.807, 2.05) is 25.1 Å². The molecule has 0 aromatic heterocycles. The zero-order chi connectivity index (χ0) is 10.8. The van der Waals surface area contributed by atoms with Crippen LogP contribution in [0.4, 0.5) is 0 Å². The van der Waals surface area contributed by atoms with Crippen molar-refractivity contribution in [1.29, 1.82) is 0 Å². The van der Waals surface area contributed by atoms with E-state index in [2.05, 4.69) is 0 Å². The summed E-state index contributed by atoms with van der Waals surface area (Å²) in [5, 5.41) is 9.73. The van der Waals surface area contributed by atoms with Gasteiger partial charge in [0.25, 0.3) is 0 Å². The van der Waals surface area contributed by atoms with Gasteiger partial charge in [-0.3, -0.25) is 0 Å². The van der Waals surface area contributed by atoms with Crippen LogP contribution in [0, 0.1) is 0 Å². The number of ether oxygens (including phenoxy) is 1. The zero-order valence-electron chi connectivity index (χ0n) is 8.64. The van der Waals surface area contributed by atoms with Gasteiger partial charge in [0.2, 0.25) is 0 Å². The maximum absolute atomic E-state index is 9.73. The number of fused-ring (bicyclic) bond motifs is 1. The molecular formula is C10H14BNO3. The van der Waals surface area contributed by atoms with Crippen LogP contribution in [0.3, 0.4) is 0 Å². The summed E-state index contributed by atoms with van der Waals surface area (Å²) in [6, 6.07) is 5.62. The number of hydrogen-bond acceptors (Lipinski definition) is 4. The molecule has 0 saturated carbocycles. The summed E-state index contributed by atoms with van der Waals surface area (Å²) in [4.78, 5) is 0. The second-order valence-corrected chi connectivity index (χ2v) is 3.40. The van der Waals surface area contributed by atoms with Crippen LogP contribution in [0.5, 0.6) is 5.75 Å². The van der Waals surface area contributed by atoms with Gasteiger partial charge in [-0.2, -0.15) is 0 Å². The number of benzene rings is 1.